The van der Waals surface area contributed by atoms with E-state index in [-0.39, 0.29) is 31.1 Å². The topological polar surface area (TPSA) is 78.9 Å². The summed E-state index contributed by atoms with van der Waals surface area (Å²) in [5.41, 5.74) is 0. The third kappa shape index (κ3) is 38.0. The lowest BCUT2D eigenvalue weighted by molar-refractivity contribution is -0.167. The van der Waals surface area contributed by atoms with E-state index in [1.807, 2.05) is 0 Å². The SMILES string of the molecule is CCCCCCCC(=O)OC[C@@H](COC(=O)CCCCCCCCCCCCCC(C)C)OC(=O)CCCCCCCCCCCCC(C)CC. The van der Waals surface area contributed by atoms with Crippen molar-refractivity contribution in [3.63, 3.8) is 0 Å². The van der Waals surface area contributed by atoms with Gasteiger partial charge in [-0.25, -0.2) is 0 Å². The second-order valence-corrected chi connectivity index (χ2v) is 16.1. The van der Waals surface area contributed by atoms with Crippen molar-refractivity contribution in [2.24, 2.45) is 11.8 Å². The second-order valence-electron chi connectivity index (χ2n) is 16.1. The Morgan fingerprint density at radius 1 is 0.412 bits per heavy atom. The highest BCUT2D eigenvalue weighted by Gasteiger charge is 2.19. The Hall–Kier alpha value is -1.59. The molecule has 0 aliphatic heterocycles. The molecule has 0 aliphatic carbocycles. The minimum absolute atomic E-state index is 0.0660. The molecule has 0 amide bonds. The van der Waals surface area contributed by atoms with Crippen LogP contribution in [0.15, 0.2) is 0 Å². The minimum atomic E-state index is -0.758. The maximum absolute atomic E-state index is 12.7. The summed E-state index contributed by atoms with van der Waals surface area (Å²) in [5, 5.41) is 0. The van der Waals surface area contributed by atoms with Gasteiger partial charge in [0.1, 0.15) is 13.2 Å². The van der Waals surface area contributed by atoms with E-state index in [1.54, 1.807) is 0 Å². The summed E-state index contributed by atoms with van der Waals surface area (Å²) in [6, 6.07) is 0. The fourth-order valence-corrected chi connectivity index (χ4v) is 6.54. The molecule has 0 N–H and O–H groups in total. The van der Waals surface area contributed by atoms with Gasteiger partial charge in [0.2, 0.25) is 0 Å². The number of hydrogen-bond acceptors (Lipinski definition) is 6. The lowest BCUT2D eigenvalue weighted by Crippen LogP contribution is -2.30. The van der Waals surface area contributed by atoms with Crippen LogP contribution in [-0.4, -0.2) is 37.2 Å². The number of rotatable bonds is 39. The van der Waals surface area contributed by atoms with Crippen LogP contribution in [0.5, 0.6) is 0 Å². The van der Waals surface area contributed by atoms with Crippen LogP contribution in [0.4, 0.5) is 0 Å². The van der Waals surface area contributed by atoms with Crippen LogP contribution in [0.3, 0.4) is 0 Å². The summed E-state index contributed by atoms with van der Waals surface area (Å²) < 4.78 is 16.6. The van der Waals surface area contributed by atoms with Gasteiger partial charge in [0.05, 0.1) is 0 Å². The van der Waals surface area contributed by atoms with Crippen LogP contribution in [-0.2, 0) is 28.6 Å². The predicted octanol–water partition coefficient (Wildman–Crippen LogP) is 13.8. The molecule has 0 radical (unpaired) electrons. The van der Waals surface area contributed by atoms with Crippen LogP contribution < -0.4 is 0 Å². The molecule has 0 heterocycles. The molecule has 51 heavy (non-hydrogen) atoms. The molecule has 302 valence electrons. The highest BCUT2D eigenvalue weighted by Crippen LogP contribution is 2.17. The van der Waals surface area contributed by atoms with Crippen molar-refractivity contribution in [1.29, 1.82) is 0 Å². The van der Waals surface area contributed by atoms with E-state index in [4.69, 9.17) is 14.2 Å². The molecular formula is C45H86O6. The highest BCUT2D eigenvalue weighted by atomic mass is 16.6. The van der Waals surface area contributed by atoms with E-state index in [9.17, 15) is 14.4 Å². The second kappa shape index (κ2) is 38.1. The molecule has 0 saturated heterocycles. The van der Waals surface area contributed by atoms with Gasteiger partial charge in [-0.1, -0.05) is 202 Å². The van der Waals surface area contributed by atoms with Gasteiger partial charge < -0.3 is 14.2 Å². The van der Waals surface area contributed by atoms with Gasteiger partial charge in [-0.2, -0.15) is 0 Å². The Kier molecular flexibility index (Phi) is 37.0. The Morgan fingerprint density at radius 3 is 1.12 bits per heavy atom. The molecule has 6 heteroatoms. The van der Waals surface area contributed by atoms with Gasteiger partial charge in [0.15, 0.2) is 6.10 Å². The third-order valence-electron chi connectivity index (χ3n) is 10.3. The molecule has 1 unspecified atom stereocenters. The van der Waals surface area contributed by atoms with Gasteiger partial charge >= 0.3 is 17.9 Å². The Morgan fingerprint density at radius 2 is 0.745 bits per heavy atom. The van der Waals surface area contributed by atoms with E-state index in [0.717, 1.165) is 76.0 Å². The number of ether oxygens (including phenoxy) is 3. The molecule has 0 aromatic rings. The van der Waals surface area contributed by atoms with Crippen molar-refractivity contribution < 1.29 is 28.6 Å². The van der Waals surface area contributed by atoms with Crippen molar-refractivity contribution in [2.45, 2.75) is 246 Å². The van der Waals surface area contributed by atoms with Crippen LogP contribution in [0.1, 0.15) is 240 Å². The molecule has 2 atom stereocenters. The average molecular weight is 723 g/mol. The van der Waals surface area contributed by atoms with E-state index >= 15 is 0 Å². The van der Waals surface area contributed by atoms with Gasteiger partial charge in [0, 0.05) is 19.3 Å². The number of unbranched alkanes of at least 4 members (excludes halogenated alkanes) is 23. The van der Waals surface area contributed by atoms with E-state index in [1.165, 1.54) is 122 Å². The maximum atomic E-state index is 12.7. The summed E-state index contributed by atoms with van der Waals surface area (Å²) in [4.78, 5) is 37.4. The molecule has 0 rings (SSSR count). The van der Waals surface area contributed by atoms with Crippen molar-refractivity contribution in [1.82, 2.24) is 0 Å². The molecule has 0 bridgehead atoms. The molecule has 6 nitrogen and oxygen atoms in total. The molecule has 0 fully saturated rings. The maximum Gasteiger partial charge on any atom is 0.306 e. The lowest BCUT2D eigenvalue weighted by atomic mass is 9.99. The van der Waals surface area contributed by atoms with Gasteiger partial charge in [-0.3, -0.25) is 14.4 Å². The monoisotopic (exact) mass is 723 g/mol. The molecule has 0 aliphatic rings. The Labute approximate surface area is 317 Å². The van der Waals surface area contributed by atoms with Crippen LogP contribution in [0.2, 0.25) is 0 Å². The first-order chi connectivity index (χ1) is 24.8. The number of esters is 3. The molecular weight excluding hydrogens is 636 g/mol. The molecule has 0 spiro atoms. The zero-order chi connectivity index (χ0) is 37.6. The largest absolute Gasteiger partial charge is 0.462 e. The van der Waals surface area contributed by atoms with Gasteiger partial charge in [-0.15, -0.1) is 0 Å². The first kappa shape index (κ1) is 49.4. The van der Waals surface area contributed by atoms with Gasteiger partial charge in [-0.05, 0) is 31.1 Å². The normalized spacial score (nSPS) is 12.6. The van der Waals surface area contributed by atoms with E-state index in [2.05, 4.69) is 34.6 Å². The third-order valence-corrected chi connectivity index (χ3v) is 10.3. The predicted molar refractivity (Wildman–Crippen MR) is 215 cm³/mol. The lowest BCUT2D eigenvalue weighted by Gasteiger charge is -2.18. The summed E-state index contributed by atoms with van der Waals surface area (Å²) in [6.07, 6.45) is 35.4. The van der Waals surface area contributed by atoms with Crippen molar-refractivity contribution in [3.8, 4) is 0 Å². The molecule has 0 aromatic carbocycles. The summed E-state index contributed by atoms with van der Waals surface area (Å²) in [5.74, 6) is 0.822. The first-order valence-electron chi connectivity index (χ1n) is 22.3. The number of carbonyl (C=O) groups is 3. The van der Waals surface area contributed by atoms with Crippen molar-refractivity contribution in [2.75, 3.05) is 13.2 Å². The van der Waals surface area contributed by atoms with Crippen molar-refractivity contribution in [3.05, 3.63) is 0 Å². The summed E-state index contributed by atoms with van der Waals surface area (Å²) in [6.45, 7) is 11.3. The fraction of sp³-hybridized carbons (Fsp3) is 0.933. The van der Waals surface area contributed by atoms with Crippen LogP contribution in [0, 0.1) is 11.8 Å². The van der Waals surface area contributed by atoms with E-state index in [0.29, 0.717) is 19.3 Å². The standard InChI is InChI=1S/C45H86O6/c1-6-8-9-23-30-35-43(46)49-38-42(51-45(48)37-32-27-22-18-14-13-16-20-25-29-34-41(5)7-2)39-50-44(47)36-31-26-21-17-12-10-11-15-19-24-28-33-40(3)4/h40-42H,6-39H2,1-5H3/t41?,42-/m0/s1. The van der Waals surface area contributed by atoms with E-state index < -0.39 is 6.10 Å². The van der Waals surface area contributed by atoms with Crippen LogP contribution in [0.25, 0.3) is 0 Å². The molecule has 0 aromatic heterocycles. The Balaban J connectivity index is 4.21. The zero-order valence-corrected chi connectivity index (χ0v) is 34.7. The van der Waals surface area contributed by atoms with Crippen molar-refractivity contribution >= 4 is 17.9 Å². The first-order valence-corrected chi connectivity index (χ1v) is 22.3. The quantitative estimate of drug-likeness (QED) is 0.0357. The minimum Gasteiger partial charge on any atom is -0.462 e. The molecule has 0 saturated carbocycles. The Bertz CT molecular complexity index is 781. The average Bonchev–Trinajstić information content (AvgIpc) is 3.11. The highest BCUT2D eigenvalue weighted by molar-refractivity contribution is 5.71. The fourth-order valence-electron chi connectivity index (χ4n) is 6.54. The number of hydrogen-bond donors (Lipinski definition) is 0. The number of carbonyl (C=O) groups excluding carboxylic acids is 3. The van der Waals surface area contributed by atoms with Crippen LogP contribution >= 0.6 is 0 Å². The summed E-state index contributed by atoms with van der Waals surface area (Å²) >= 11 is 0. The summed E-state index contributed by atoms with van der Waals surface area (Å²) in [7, 11) is 0. The smallest absolute Gasteiger partial charge is 0.306 e. The van der Waals surface area contributed by atoms with Gasteiger partial charge in [0.25, 0.3) is 0 Å². The zero-order valence-electron chi connectivity index (χ0n) is 34.7.